The van der Waals surface area contributed by atoms with Crippen molar-refractivity contribution in [3.05, 3.63) is 169 Å². The van der Waals surface area contributed by atoms with Crippen LogP contribution in [-0.2, 0) is 40.1 Å². The van der Waals surface area contributed by atoms with Crippen LogP contribution >= 0.6 is 37.2 Å². The molecule has 2 saturated heterocycles. The van der Waals surface area contributed by atoms with Crippen molar-refractivity contribution in [3.63, 3.8) is 0 Å². The first kappa shape index (κ1) is 61.6. The maximum Gasteiger partial charge on any atom is 0.279 e. The summed E-state index contributed by atoms with van der Waals surface area (Å²) < 4.78 is 143. The van der Waals surface area contributed by atoms with Gasteiger partial charge in [-0.25, -0.2) is 39.0 Å². The van der Waals surface area contributed by atoms with Crippen LogP contribution < -0.4 is 28.7 Å². The van der Waals surface area contributed by atoms with Crippen LogP contribution in [0.2, 0.25) is 0 Å². The van der Waals surface area contributed by atoms with Gasteiger partial charge in [-0.15, -0.1) is 37.2 Å². The number of nitrogens with one attached hydrogen (secondary N) is 4. The molecule has 8 aromatic rings. The van der Waals surface area contributed by atoms with Crippen molar-refractivity contribution < 1.29 is 42.5 Å². The Morgan fingerprint density at radius 1 is 0.430 bits per heavy atom. The predicted molar refractivity (Wildman–Crippen MR) is 314 cm³/mol. The number of hydrogen-bond donors (Lipinski definition) is 4. The summed E-state index contributed by atoms with van der Waals surface area (Å²) >= 11 is 0. The molecule has 4 N–H and O–H groups in total. The standard InChI is InChI=1S/C29H28N6O4S2.C23H24F2N4O4S2.3ClH/c1-34-16-18-35(19-17-34)23-12-13-25(32-40(36,37)27-10-4-7-22-8-5-15-30-29(22)27)26(20-23)33-41(38,39)28-14-11-21-6-2-3-9-24(21)31-28;1-28-10-12-29(13-11-28)19-8-9-22(26-34(30,31)20-6-2-4-17(24)14-20)23(16-19)27-35(32,33)21-7-3-5-18(25)15-21;;;/h2-15,20,32-33H,16-19H2,1H3;2-9,14-16,26-27H,10-13H2,1H3;3*1H. The molecule has 0 amide bonds. The summed E-state index contributed by atoms with van der Waals surface area (Å²) in [6, 6.07) is 37.3. The Balaban J connectivity index is 0.000000249. The van der Waals surface area contributed by atoms with E-state index in [0.717, 1.165) is 74.6 Å². The van der Waals surface area contributed by atoms with Crippen LogP contribution in [-0.4, -0.2) is 120 Å². The van der Waals surface area contributed by atoms with Crippen LogP contribution in [0.25, 0.3) is 21.8 Å². The zero-order valence-corrected chi connectivity index (χ0v) is 47.9. The van der Waals surface area contributed by atoms with E-state index in [4.69, 9.17) is 0 Å². The number of hydrogen-bond acceptors (Lipinski definition) is 14. The summed E-state index contributed by atoms with van der Waals surface area (Å²) in [6.07, 6.45) is 1.53. The molecule has 0 aliphatic carbocycles. The van der Waals surface area contributed by atoms with E-state index in [0.29, 0.717) is 35.2 Å². The number of sulfonamides is 4. The van der Waals surface area contributed by atoms with Crippen LogP contribution in [0, 0.1) is 11.6 Å². The average molecular weight is 1220 g/mol. The first-order valence-corrected chi connectivity index (χ1v) is 29.6. The van der Waals surface area contributed by atoms with Crippen molar-refractivity contribution in [2.24, 2.45) is 0 Å². The molecule has 4 heterocycles. The molecular weight excluding hydrogens is 1170 g/mol. The maximum absolute atomic E-state index is 13.7. The van der Waals surface area contributed by atoms with Gasteiger partial charge in [-0.2, -0.15) is 8.42 Å². The molecule has 6 aromatic carbocycles. The first-order valence-electron chi connectivity index (χ1n) is 23.7. The van der Waals surface area contributed by atoms with Crippen molar-refractivity contribution in [2.45, 2.75) is 19.7 Å². The Kier molecular flexibility index (Phi) is 20.0. The molecule has 79 heavy (non-hydrogen) atoms. The Morgan fingerprint density at radius 3 is 1.42 bits per heavy atom. The lowest BCUT2D eigenvalue weighted by molar-refractivity contribution is 0.313. The number of likely N-dealkylation sites (N-methyl/N-ethyl adjacent to an activating group) is 2. The zero-order chi connectivity index (χ0) is 53.8. The number of anilines is 6. The molecule has 2 aliphatic rings. The number of aromatic nitrogens is 2. The van der Waals surface area contributed by atoms with E-state index in [1.807, 2.05) is 31.1 Å². The van der Waals surface area contributed by atoms with E-state index < -0.39 is 51.7 Å². The zero-order valence-electron chi connectivity index (χ0n) is 42.2. The van der Waals surface area contributed by atoms with Crippen molar-refractivity contribution >= 4 is 133 Å². The average Bonchev–Trinajstić information content (AvgIpc) is 3.44. The lowest BCUT2D eigenvalue weighted by Crippen LogP contribution is -2.44. The highest BCUT2D eigenvalue weighted by Gasteiger charge is 2.26. The van der Waals surface area contributed by atoms with Crippen LogP contribution in [0.5, 0.6) is 0 Å². The normalized spacial score (nSPS) is 14.4. The topological polar surface area (TPSA) is 223 Å². The number of fused-ring (bicyclic) bond motifs is 2. The van der Waals surface area contributed by atoms with Gasteiger partial charge >= 0.3 is 0 Å². The summed E-state index contributed by atoms with van der Waals surface area (Å²) in [5, 5.41) is 1.30. The third-order valence-electron chi connectivity index (χ3n) is 12.7. The van der Waals surface area contributed by atoms with Crippen LogP contribution in [0.4, 0.5) is 42.9 Å². The molecule has 18 nitrogen and oxygen atoms in total. The van der Waals surface area contributed by atoms with E-state index in [1.165, 1.54) is 54.7 Å². The molecule has 10 rings (SSSR count). The molecule has 2 aromatic heterocycles. The summed E-state index contributed by atoms with van der Waals surface area (Å²) in [6.45, 7) is 6.21. The van der Waals surface area contributed by atoms with Gasteiger partial charge in [0.15, 0.2) is 5.03 Å². The summed E-state index contributed by atoms with van der Waals surface area (Å²) in [5.41, 5.74) is 2.37. The minimum absolute atomic E-state index is 0. The van der Waals surface area contributed by atoms with Gasteiger partial charge in [0.1, 0.15) is 16.5 Å². The van der Waals surface area contributed by atoms with Gasteiger partial charge in [0, 0.05) is 80.7 Å². The van der Waals surface area contributed by atoms with Crippen molar-refractivity contribution in [1.29, 1.82) is 0 Å². The second-order valence-electron chi connectivity index (χ2n) is 18.1. The fourth-order valence-electron chi connectivity index (χ4n) is 8.50. The molecule has 0 unspecified atom stereocenters. The molecule has 0 saturated carbocycles. The van der Waals surface area contributed by atoms with Gasteiger partial charge in [0.25, 0.3) is 40.1 Å². The summed E-state index contributed by atoms with van der Waals surface area (Å²) in [5.74, 6) is -1.46. The minimum Gasteiger partial charge on any atom is -0.369 e. The quantitative estimate of drug-likeness (QED) is 0.0800. The lowest BCUT2D eigenvalue weighted by Gasteiger charge is -2.34. The van der Waals surface area contributed by atoms with Gasteiger partial charge in [0.2, 0.25) is 0 Å². The predicted octanol–water partition coefficient (Wildman–Crippen LogP) is 8.72. The highest BCUT2D eigenvalue weighted by Crippen LogP contribution is 2.35. The molecule has 0 atom stereocenters. The number of piperazine rings is 2. The van der Waals surface area contributed by atoms with Gasteiger partial charge in [0.05, 0.1) is 43.6 Å². The lowest BCUT2D eigenvalue weighted by atomic mass is 10.2. The van der Waals surface area contributed by atoms with Crippen LogP contribution in [0.15, 0.2) is 178 Å². The Bertz CT molecular complexity index is 3930. The first-order chi connectivity index (χ1) is 36.2. The molecule has 2 aliphatic heterocycles. The number of benzene rings is 6. The smallest absolute Gasteiger partial charge is 0.279 e. The highest BCUT2D eigenvalue weighted by atomic mass is 35.5. The fourth-order valence-corrected chi connectivity index (χ4v) is 13.0. The third kappa shape index (κ3) is 14.8. The SMILES string of the molecule is CN1CCN(c2ccc(NS(=O)(=O)c3cccc(F)c3)c(NS(=O)(=O)c3cccc(F)c3)c2)CC1.CN1CCN(c2ccc(NS(=O)(=O)c3cccc4cccnc34)c(NS(=O)(=O)c3ccc4ccccc4n3)c2)CC1.Cl.Cl.Cl. The Labute approximate surface area is 476 Å². The third-order valence-corrected chi connectivity index (χ3v) is 18.1. The molecule has 27 heteroatoms. The number of halogens is 5. The number of para-hydroxylation sites is 2. The van der Waals surface area contributed by atoms with Gasteiger partial charge in [-0.3, -0.25) is 23.9 Å². The number of rotatable bonds is 14. The molecular formula is C52H55Cl3F2N10O8S4. The minimum atomic E-state index is -4.25. The van der Waals surface area contributed by atoms with Crippen molar-refractivity contribution in [1.82, 2.24) is 19.8 Å². The maximum atomic E-state index is 13.7. The van der Waals surface area contributed by atoms with Gasteiger partial charge < -0.3 is 19.6 Å². The van der Waals surface area contributed by atoms with Crippen LogP contribution in [0.1, 0.15) is 0 Å². The van der Waals surface area contributed by atoms with Crippen LogP contribution in [0.3, 0.4) is 0 Å². The number of nitrogens with zero attached hydrogens (tertiary/aromatic N) is 6. The summed E-state index contributed by atoms with van der Waals surface area (Å²) in [7, 11) is -12.8. The molecule has 0 spiro atoms. The Morgan fingerprint density at radius 2 is 0.886 bits per heavy atom. The van der Waals surface area contributed by atoms with E-state index in [-0.39, 0.29) is 79.7 Å². The largest absolute Gasteiger partial charge is 0.369 e. The molecule has 2 fully saturated rings. The van der Waals surface area contributed by atoms with Gasteiger partial charge in [-0.05, 0) is 117 Å². The monoisotopic (exact) mass is 1220 g/mol. The van der Waals surface area contributed by atoms with Crippen molar-refractivity contribution in [3.8, 4) is 0 Å². The highest BCUT2D eigenvalue weighted by molar-refractivity contribution is 7.94. The molecule has 0 bridgehead atoms. The van der Waals surface area contributed by atoms with E-state index in [1.54, 1.807) is 66.7 Å². The van der Waals surface area contributed by atoms with Crippen molar-refractivity contribution in [2.75, 3.05) is 95.1 Å². The number of pyridine rings is 2. The second-order valence-corrected chi connectivity index (χ2v) is 24.7. The Hall–Kier alpha value is -6.61. The molecule has 420 valence electrons. The summed E-state index contributed by atoms with van der Waals surface area (Å²) in [4.78, 5) is 16.5. The molecule has 0 radical (unpaired) electrons. The second kappa shape index (κ2) is 25.7. The van der Waals surface area contributed by atoms with Gasteiger partial charge in [-0.1, -0.05) is 48.5 Å². The van der Waals surface area contributed by atoms with E-state index in [2.05, 4.69) is 43.6 Å². The van der Waals surface area contributed by atoms with E-state index >= 15 is 0 Å². The fraction of sp³-hybridized carbons (Fsp3) is 0.192. The van der Waals surface area contributed by atoms with E-state index in [9.17, 15) is 42.5 Å².